The Bertz CT molecular complexity index is 724. The smallest absolute Gasteiger partial charge is 0.0769 e. The van der Waals surface area contributed by atoms with Gasteiger partial charge in [-0.15, -0.1) is 0 Å². The predicted molar refractivity (Wildman–Crippen MR) is 143 cm³/mol. The highest BCUT2D eigenvalue weighted by Gasteiger charge is 2.66. The molecule has 0 aliphatic carbocycles. The van der Waals surface area contributed by atoms with Gasteiger partial charge in [-0.05, 0) is 11.1 Å². The van der Waals surface area contributed by atoms with Gasteiger partial charge < -0.3 is 0 Å². The van der Waals surface area contributed by atoms with Crippen LogP contribution >= 0.6 is 127 Å². The molecule has 0 radical (unpaired) electrons. The van der Waals surface area contributed by atoms with Crippen LogP contribution in [0.3, 0.4) is 0 Å². The first-order valence-electron chi connectivity index (χ1n) is 7.49. The molecule has 0 aliphatic heterocycles. The molecule has 26 heavy (non-hydrogen) atoms. The molecule has 0 bridgehead atoms. The van der Waals surface area contributed by atoms with Gasteiger partial charge in [-0.2, -0.15) is 0 Å². The Labute approximate surface area is 222 Å². The van der Waals surface area contributed by atoms with Crippen molar-refractivity contribution >= 4 is 127 Å². The van der Waals surface area contributed by atoms with E-state index in [1.165, 1.54) is 5.56 Å². The molecule has 0 saturated carbocycles. The number of hydrogen-bond donors (Lipinski definition) is 0. The highest BCUT2D eigenvalue weighted by molar-refractivity contribution is 9.42. The lowest BCUT2D eigenvalue weighted by molar-refractivity contribution is 0.484. The summed E-state index contributed by atoms with van der Waals surface area (Å²) < 4.78 is -2.61. The monoisotopic (exact) mass is 861 g/mol. The van der Waals surface area contributed by atoms with Gasteiger partial charge >= 0.3 is 0 Å². The molecule has 0 N–H and O–H groups in total. The Hall–Kier alpha value is 2.28. The third-order valence-electron chi connectivity index (χ3n) is 4.30. The molecule has 0 heterocycles. The van der Waals surface area contributed by atoms with Gasteiger partial charge in [-0.1, -0.05) is 195 Å². The minimum Gasteiger partial charge on any atom is -0.0769 e. The largest absolute Gasteiger partial charge is 0.162 e. The van der Waals surface area contributed by atoms with Crippen LogP contribution in [0.1, 0.15) is 24.0 Å². The Morgan fingerprint density at radius 3 is 1.46 bits per heavy atom. The van der Waals surface area contributed by atoms with Crippen LogP contribution in [0.2, 0.25) is 0 Å². The van der Waals surface area contributed by atoms with Crippen LogP contribution < -0.4 is 0 Å². The van der Waals surface area contributed by atoms with Gasteiger partial charge in [0.2, 0.25) is 0 Å². The molecule has 0 aromatic heterocycles. The van der Waals surface area contributed by atoms with Gasteiger partial charge in [0.25, 0.3) is 0 Å². The van der Waals surface area contributed by atoms with E-state index < -0.39 is 12.9 Å². The van der Waals surface area contributed by atoms with E-state index in [1.54, 1.807) is 0 Å². The maximum atomic E-state index is 4.13. The molecule has 0 saturated heterocycles. The van der Waals surface area contributed by atoms with E-state index >= 15 is 0 Å². The van der Waals surface area contributed by atoms with E-state index in [4.69, 9.17) is 0 Å². The molecule has 2 aromatic carbocycles. The van der Waals surface area contributed by atoms with Gasteiger partial charge in [0.15, 0.2) is 2.14 Å². The van der Waals surface area contributed by atoms with E-state index in [-0.39, 0.29) is 5.92 Å². The molecule has 2 unspecified atom stereocenters. The maximum Gasteiger partial charge on any atom is 0.162 e. The SMILES string of the molecule is CC(c1ccccc1)C(Br)(c1ccccc1)C(Br)(Br)C(Br)(Br)C(Br)(Br)Br. The zero-order valence-electron chi connectivity index (χ0n) is 13.4. The summed E-state index contributed by atoms with van der Waals surface area (Å²) in [6.45, 7) is 2.21. The Morgan fingerprint density at radius 2 is 1.04 bits per heavy atom. The second kappa shape index (κ2) is 9.19. The minimum absolute atomic E-state index is 0.106. The van der Waals surface area contributed by atoms with Crippen molar-refractivity contribution in [2.24, 2.45) is 0 Å². The zero-order valence-corrected chi connectivity index (χ0v) is 26.1. The van der Waals surface area contributed by atoms with E-state index in [0.29, 0.717) is 0 Å². The highest BCUT2D eigenvalue weighted by Crippen LogP contribution is 2.71. The molecule has 2 aromatic rings. The molecule has 0 amide bonds. The van der Waals surface area contributed by atoms with Crippen molar-refractivity contribution in [1.29, 1.82) is 0 Å². The summed E-state index contributed by atoms with van der Waals surface area (Å²) in [6, 6.07) is 20.8. The molecule has 8 heteroatoms. The zero-order chi connectivity index (χ0) is 19.8. The van der Waals surface area contributed by atoms with Gasteiger partial charge in [-0.25, -0.2) is 0 Å². The molecule has 0 nitrogen and oxygen atoms in total. The fourth-order valence-electron chi connectivity index (χ4n) is 2.76. The highest BCUT2D eigenvalue weighted by atomic mass is 80.0. The summed E-state index contributed by atoms with van der Waals surface area (Å²) in [5, 5.41) is 0. The molecular formula is C18H14Br8. The summed E-state index contributed by atoms with van der Waals surface area (Å²) in [4.78, 5) is 0. The fraction of sp³-hybridized carbons (Fsp3) is 0.333. The van der Waals surface area contributed by atoms with Gasteiger partial charge in [0.05, 0.1) is 4.32 Å². The van der Waals surface area contributed by atoms with E-state index in [2.05, 4.69) is 171 Å². The first kappa shape index (κ1) is 24.5. The fourth-order valence-corrected chi connectivity index (χ4v) is 8.97. The second-order valence-corrected chi connectivity index (χ2v) is 20.8. The normalized spacial score (nSPS) is 16.8. The van der Waals surface area contributed by atoms with Crippen molar-refractivity contribution in [2.45, 2.75) is 25.8 Å². The van der Waals surface area contributed by atoms with E-state index in [9.17, 15) is 0 Å². The van der Waals surface area contributed by atoms with Gasteiger partial charge in [0, 0.05) is 5.92 Å². The van der Waals surface area contributed by atoms with Crippen molar-refractivity contribution < 1.29 is 0 Å². The second-order valence-electron chi connectivity index (χ2n) is 5.86. The van der Waals surface area contributed by atoms with Crippen molar-refractivity contribution in [1.82, 2.24) is 0 Å². The van der Waals surface area contributed by atoms with Crippen molar-refractivity contribution in [2.75, 3.05) is 0 Å². The lowest BCUT2D eigenvalue weighted by Gasteiger charge is -2.52. The Morgan fingerprint density at radius 1 is 0.615 bits per heavy atom. The first-order chi connectivity index (χ1) is 11.9. The lowest BCUT2D eigenvalue weighted by Crippen LogP contribution is -2.56. The molecule has 2 atom stereocenters. The van der Waals surface area contributed by atoms with Crippen LogP contribution in [-0.4, -0.2) is 8.61 Å². The number of halogens is 8. The third-order valence-corrected chi connectivity index (χ3v) is 19.0. The molecule has 142 valence electrons. The van der Waals surface area contributed by atoms with Crippen LogP contribution in [-0.2, 0) is 4.32 Å². The van der Waals surface area contributed by atoms with Gasteiger partial charge in [-0.3, -0.25) is 0 Å². The molecule has 0 aliphatic rings. The predicted octanol–water partition coefficient (Wildman–Crippen LogP) is 9.89. The average molecular weight is 870 g/mol. The van der Waals surface area contributed by atoms with Crippen molar-refractivity contribution in [3.63, 3.8) is 0 Å². The van der Waals surface area contributed by atoms with E-state index in [0.717, 1.165) is 5.56 Å². The number of alkyl halides is 8. The van der Waals surface area contributed by atoms with Crippen LogP contribution in [0.4, 0.5) is 0 Å². The Kier molecular flexibility index (Phi) is 8.68. The van der Waals surface area contributed by atoms with Crippen LogP contribution in [0.5, 0.6) is 0 Å². The number of benzene rings is 2. The molecule has 0 fully saturated rings. The third kappa shape index (κ3) is 4.47. The average Bonchev–Trinajstić information content (AvgIpc) is 2.60. The maximum absolute atomic E-state index is 4.13. The summed E-state index contributed by atoms with van der Waals surface area (Å²) in [6.07, 6.45) is 0. The quantitative estimate of drug-likeness (QED) is 0.263. The van der Waals surface area contributed by atoms with E-state index in [1.807, 2.05) is 24.3 Å². The molecular weight excluding hydrogens is 855 g/mol. The summed E-state index contributed by atoms with van der Waals surface area (Å²) >= 11 is 30.8. The minimum atomic E-state index is -0.706. The first-order valence-corrected chi connectivity index (χ1v) is 13.8. The van der Waals surface area contributed by atoms with Gasteiger partial charge in [0.1, 0.15) is 6.47 Å². The number of hydrogen-bond acceptors (Lipinski definition) is 0. The standard InChI is InChI=1S/C18H14Br8/c1-12(13-8-4-2-5-9-13)15(19,14-10-6-3-7-11-14)16(20,21)17(22,23)18(24,25)26/h2-12H,1H3. The molecule has 0 spiro atoms. The van der Waals surface area contributed by atoms with Crippen molar-refractivity contribution in [3.05, 3.63) is 71.8 Å². The van der Waals surface area contributed by atoms with Crippen LogP contribution in [0.25, 0.3) is 0 Å². The summed E-state index contributed by atoms with van der Waals surface area (Å²) in [5.74, 6) is 0.106. The summed E-state index contributed by atoms with van der Waals surface area (Å²) in [5.41, 5.74) is 2.35. The summed E-state index contributed by atoms with van der Waals surface area (Å²) in [7, 11) is 0. The Balaban J connectivity index is 2.73. The lowest BCUT2D eigenvalue weighted by atomic mass is 9.79. The number of rotatable bonds is 5. The van der Waals surface area contributed by atoms with Crippen LogP contribution in [0, 0.1) is 0 Å². The molecule has 2 rings (SSSR count). The van der Waals surface area contributed by atoms with Crippen molar-refractivity contribution in [3.8, 4) is 0 Å². The van der Waals surface area contributed by atoms with Crippen LogP contribution in [0.15, 0.2) is 60.7 Å². The topological polar surface area (TPSA) is 0 Å².